The second-order valence-corrected chi connectivity index (χ2v) is 15.3. The Balaban J connectivity index is 1.11. The number of hydrogen-bond acceptors (Lipinski definition) is 13. The molecule has 0 unspecified atom stereocenters. The molecule has 7 rings (SSSR count). The lowest BCUT2D eigenvalue weighted by Gasteiger charge is -2.46. The summed E-state index contributed by atoms with van der Waals surface area (Å²) in [7, 11) is 0. The number of ether oxygens (including phenoxy) is 2. The zero-order chi connectivity index (χ0) is 39.1. The molecule has 3 aromatic rings. The van der Waals surface area contributed by atoms with Gasteiger partial charge >= 0.3 is 12.1 Å². The van der Waals surface area contributed by atoms with Crippen molar-refractivity contribution in [2.75, 3.05) is 19.6 Å². The number of carbonyl (C=O) groups is 4. The quantitative estimate of drug-likeness (QED) is 0.121. The molecular weight excluding hydrogens is 739 g/mol. The van der Waals surface area contributed by atoms with E-state index in [0.29, 0.717) is 29.1 Å². The van der Waals surface area contributed by atoms with Gasteiger partial charge in [0.25, 0.3) is 11.4 Å². The minimum absolute atomic E-state index is 0.0271. The Hall–Kier alpha value is -5.82. The number of carbonyl (C=O) groups excluding carboxylic acids is 4. The third-order valence-corrected chi connectivity index (χ3v) is 12.0. The van der Waals surface area contributed by atoms with Crippen LogP contribution in [-0.4, -0.2) is 106 Å². The van der Waals surface area contributed by atoms with E-state index in [4.69, 9.17) is 9.47 Å². The molecule has 5 heterocycles. The summed E-state index contributed by atoms with van der Waals surface area (Å²) in [6, 6.07) is 9.72. The van der Waals surface area contributed by atoms with E-state index in [1.54, 1.807) is 17.4 Å². The fourth-order valence-corrected chi connectivity index (χ4v) is 9.08. The van der Waals surface area contributed by atoms with E-state index in [-0.39, 0.29) is 55.2 Å². The van der Waals surface area contributed by atoms with Crippen molar-refractivity contribution in [3.63, 3.8) is 0 Å². The second-order valence-electron chi connectivity index (χ2n) is 14.0. The summed E-state index contributed by atoms with van der Waals surface area (Å²) in [4.78, 5) is 84.8. The number of aromatic nitrogens is 2. The first-order chi connectivity index (χ1) is 26.3. The van der Waals surface area contributed by atoms with Crippen LogP contribution in [0.25, 0.3) is 0 Å². The Morgan fingerprint density at radius 1 is 0.964 bits per heavy atom. The van der Waals surface area contributed by atoms with Crippen LogP contribution in [0.1, 0.15) is 37.4 Å². The number of β-lactam (4-membered cyclic amide) rings is 1. The molecule has 55 heavy (non-hydrogen) atoms. The van der Waals surface area contributed by atoms with Gasteiger partial charge in [0, 0.05) is 72.4 Å². The van der Waals surface area contributed by atoms with Gasteiger partial charge in [0.15, 0.2) is 0 Å². The van der Waals surface area contributed by atoms with Crippen molar-refractivity contribution in [3.8, 4) is 0 Å². The number of thioether (sulfide) groups is 1. The average molecular weight is 776 g/mol. The largest absolute Gasteiger partial charge is 0.456 e. The first-order valence-corrected chi connectivity index (χ1v) is 18.5. The topological polar surface area (TPSA) is 221 Å². The monoisotopic (exact) mass is 775 g/mol. The van der Waals surface area contributed by atoms with Crippen molar-refractivity contribution >= 4 is 47.0 Å². The Morgan fingerprint density at radius 3 is 2.11 bits per heavy atom. The highest BCUT2D eigenvalue weighted by Gasteiger charge is 2.61. The maximum absolute atomic E-state index is 14.0. The standard InChI is InChI=1S/C36H37N7O11S/c1-20-30-29(21(2)44)34(46)41(30)31(35(47)53-17-22-3-7-24(8-4-22)42(49)50)32(20)55-27-13-28(33(45)39-14-26(15-39)38-12-11-37-19-38)40(16-27)36(48)54-18-23-5-9-25(10-6-23)43(51)52/h3-12,19-21,26-30,44H,13-18H2,1-2H3/t20-,21-,27+,28+,29-,30-/m1/s1. The first kappa shape index (κ1) is 37.5. The van der Waals surface area contributed by atoms with E-state index in [9.17, 15) is 44.5 Å². The highest BCUT2D eigenvalue weighted by molar-refractivity contribution is 8.03. The van der Waals surface area contributed by atoms with E-state index in [2.05, 4.69) is 4.98 Å². The van der Waals surface area contributed by atoms with Gasteiger partial charge in [-0.2, -0.15) is 0 Å². The van der Waals surface area contributed by atoms with Crippen molar-refractivity contribution in [1.82, 2.24) is 24.3 Å². The van der Waals surface area contributed by atoms with Crippen molar-refractivity contribution in [3.05, 3.63) is 109 Å². The van der Waals surface area contributed by atoms with Crippen LogP contribution >= 0.6 is 11.8 Å². The van der Waals surface area contributed by atoms with Crippen LogP contribution in [0.2, 0.25) is 0 Å². The molecule has 1 aromatic heterocycles. The number of fused-ring (bicyclic) bond motifs is 1. The van der Waals surface area contributed by atoms with Crippen LogP contribution in [-0.2, 0) is 37.1 Å². The third-order valence-electron chi connectivity index (χ3n) is 10.5. The summed E-state index contributed by atoms with van der Waals surface area (Å²) in [6.45, 7) is 3.86. The highest BCUT2D eigenvalue weighted by atomic mass is 32.2. The number of likely N-dealkylation sites (tertiary alicyclic amines) is 2. The molecule has 4 aliphatic rings. The molecule has 1 N–H and O–H groups in total. The van der Waals surface area contributed by atoms with Gasteiger partial charge in [-0.05, 0) is 48.7 Å². The normalized spacial score (nSPS) is 23.9. The minimum atomic E-state index is -0.977. The zero-order valence-electron chi connectivity index (χ0n) is 29.7. The average Bonchev–Trinajstić information content (AvgIpc) is 3.88. The molecule has 3 saturated heterocycles. The summed E-state index contributed by atoms with van der Waals surface area (Å²) >= 11 is 1.28. The van der Waals surface area contributed by atoms with E-state index >= 15 is 0 Å². The van der Waals surface area contributed by atoms with E-state index < -0.39 is 63.1 Å². The van der Waals surface area contributed by atoms with Crippen molar-refractivity contribution in [1.29, 1.82) is 0 Å². The molecular formula is C36H37N7O11S. The lowest BCUT2D eigenvalue weighted by atomic mass is 9.79. The number of rotatable bonds is 12. The number of aliphatic hydroxyl groups is 1. The SMILES string of the molecule is C[C@@H](O)[C@H]1C(=O)N2C(C(=O)OCc3ccc([N+](=O)[O-])cc3)=C(S[C@H]3C[C@@H](C(=O)N4CC(n5ccnc5)C4)N(C(=O)OCc4ccc([N+](=O)[O-])cc4)C3)[C@H](C)[C@H]12. The summed E-state index contributed by atoms with van der Waals surface area (Å²) < 4.78 is 13.2. The summed E-state index contributed by atoms with van der Waals surface area (Å²) in [6.07, 6.45) is 3.63. The van der Waals surface area contributed by atoms with Gasteiger partial charge in [-0.15, -0.1) is 11.8 Å². The third kappa shape index (κ3) is 7.23. The molecule has 0 saturated carbocycles. The van der Waals surface area contributed by atoms with Crippen molar-refractivity contribution in [2.24, 2.45) is 11.8 Å². The zero-order valence-corrected chi connectivity index (χ0v) is 30.5. The molecule has 3 fully saturated rings. The molecule has 4 aliphatic heterocycles. The summed E-state index contributed by atoms with van der Waals surface area (Å²) in [5.74, 6) is -2.62. The fraction of sp³-hybridized carbons (Fsp3) is 0.417. The van der Waals surface area contributed by atoms with Gasteiger partial charge in [0.2, 0.25) is 11.8 Å². The molecule has 0 aliphatic carbocycles. The lowest BCUT2D eigenvalue weighted by Crippen LogP contribution is -2.63. The number of nitro groups is 2. The number of aliphatic hydroxyl groups excluding tert-OH is 1. The molecule has 2 aromatic carbocycles. The highest BCUT2D eigenvalue weighted by Crippen LogP contribution is 2.52. The number of esters is 1. The Kier molecular flexibility index (Phi) is 10.3. The maximum atomic E-state index is 14.0. The van der Waals surface area contributed by atoms with Gasteiger partial charge in [0.05, 0.1) is 40.3 Å². The maximum Gasteiger partial charge on any atom is 0.410 e. The number of non-ortho nitro benzene ring substituents is 2. The van der Waals surface area contributed by atoms with Gasteiger partial charge in [-0.25, -0.2) is 14.6 Å². The molecule has 18 nitrogen and oxygen atoms in total. The van der Waals surface area contributed by atoms with Gasteiger partial charge < -0.3 is 28.9 Å². The number of imidazole rings is 1. The molecule has 3 amide bonds. The lowest BCUT2D eigenvalue weighted by molar-refractivity contribution is -0.385. The first-order valence-electron chi connectivity index (χ1n) is 17.6. The van der Waals surface area contributed by atoms with Crippen LogP contribution in [0.3, 0.4) is 0 Å². The second kappa shape index (κ2) is 15.1. The molecule has 19 heteroatoms. The Morgan fingerprint density at radius 2 is 1.56 bits per heavy atom. The van der Waals surface area contributed by atoms with E-state index in [0.717, 1.165) is 0 Å². The van der Waals surface area contributed by atoms with Gasteiger partial charge in [-0.3, -0.25) is 34.7 Å². The predicted molar refractivity (Wildman–Crippen MR) is 193 cm³/mol. The summed E-state index contributed by atoms with van der Waals surface area (Å²) in [5.41, 5.74) is 0.805. The van der Waals surface area contributed by atoms with Gasteiger partial charge in [-0.1, -0.05) is 6.92 Å². The van der Waals surface area contributed by atoms with Crippen LogP contribution in [0.4, 0.5) is 16.2 Å². The van der Waals surface area contributed by atoms with Crippen molar-refractivity contribution in [2.45, 2.75) is 63.0 Å². The number of nitrogens with zero attached hydrogens (tertiary/aromatic N) is 7. The Bertz CT molecular complexity index is 2030. The van der Waals surface area contributed by atoms with E-state index in [1.165, 1.54) is 77.0 Å². The molecule has 0 spiro atoms. The Labute approximate surface area is 318 Å². The van der Waals surface area contributed by atoms with Crippen LogP contribution in [0, 0.1) is 32.1 Å². The number of nitro benzene ring substituents is 2. The molecule has 0 bridgehead atoms. The summed E-state index contributed by atoms with van der Waals surface area (Å²) in [5, 5.41) is 32.2. The molecule has 6 atom stereocenters. The number of hydrogen-bond donors (Lipinski definition) is 1. The van der Waals surface area contributed by atoms with Gasteiger partial charge in [0.1, 0.15) is 25.0 Å². The minimum Gasteiger partial charge on any atom is -0.456 e. The van der Waals surface area contributed by atoms with Crippen molar-refractivity contribution < 1.29 is 43.6 Å². The van der Waals surface area contributed by atoms with E-state index in [1.807, 2.05) is 17.7 Å². The number of amides is 3. The fourth-order valence-electron chi connectivity index (χ4n) is 7.56. The number of benzene rings is 2. The smallest absolute Gasteiger partial charge is 0.410 e. The molecule has 0 radical (unpaired) electrons. The van der Waals surface area contributed by atoms with Crippen LogP contribution in [0.15, 0.2) is 77.9 Å². The predicted octanol–water partition coefficient (Wildman–Crippen LogP) is 3.41. The van der Waals surface area contributed by atoms with Crippen LogP contribution < -0.4 is 0 Å². The van der Waals surface area contributed by atoms with Crippen LogP contribution in [0.5, 0.6) is 0 Å². The molecule has 288 valence electrons.